The molecule has 0 fully saturated rings. The Morgan fingerprint density at radius 3 is 2.58 bits per heavy atom. The number of aromatic nitrogens is 2. The summed E-state index contributed by atoms with van der Waals surface area (Å²) in [6.07, 6.45) is 4.93. The summed E-state index contributed by atoms with van der Waals surface area (Å²) in [5.74, 6) is 0. The quantitative estimate of drug-likeness (QED) is 0.860. The van der Waals surface area contributed by atoms with Crippen molar-refractivity contribution >= 4 is 0 Å². The van der Waals surface area contributed by atoms with Gasteiger partial charge in [0, 0.05) is 25.3 Å². The minimum Gasteiger partial charge on any atom is -0.331 e. The first-order chi connectivity index (χ1) is 9.22. The highest BCUT2D eigenvalue weighted by Crippen LogP contribution is 2.11. The Kier molecular flexibility index (Phi) is 4.74. The number of benzene rings is 1. The average Bonchev–Trinajstić information content (AvgIpc) is 2.88. The Labute approximate surface area is 115 Å². The van der Waals surface area contributed by atoms with Crippen molar-refractivity contribution in [2.45, 2.75) is 46.3 Å². The maximum Gasteiger partial charge on any atom is 0.0951 e. The van der Waals surface area contributed by atoms with Crippen molar-refractivity contribution in [3.05, 3.63) is 53.6 Å². The zero-order valence-corrected chi connectivity index (χ0v) is 12.1. The highest BCUT2D eigenvalue weighted by Gasteiger charge is 2.05. The number of nitrogens with zero attached hydrogens (tertiary/aromatic N) is 2. The van der Waals surface area contributed by atoms with E-state index in [1.807, 2.05) is 12.5 Å². The lowest BCUT2D eigenvalue weighted by Gasteiger charge is -2.13. The van der Waals surface area contributed by atoms with Crippen LogP contribution in [0.4, 0.5) is 0 Å². The molecule has 1 N–H and O–H groups in total. The third kappa shape index (κ3) is 3.44. The van der Waals surface area contributed by atoms with Crippen LogP contribution in [0.2, 0.25) is 0 Å². The number of aryl methyl sites for hydroxylation is 1. The Balaban J connectivity index is 1.95. The van der Waals surface area contributed by atoms with Crippen molar-refractivity contribution in [1.29, 1.82) is 0 Å². The van der Waals surface area contributed by atoms with Gasteiger partial charge in [-0.05, 0) is 31.4 Å². The molecule has 0 aliphatic rings. The molecule has 0 aliphatic heterocycles. The number of nitrogens with one attached hydrogen (secondary N) is 1. The van der Waals surface area contributed by atoms with E-state index >= 15 is 0 Å². The second kappa shape index (κ2) is 6.53. The SMILES string of the molecule is CCc1ccccc1CNCc1cncn1C(C)C. The van der Waals surface area contributed by atoms with Crippen molar-refractivity contribution in [3.8, 4) is 0 Å². The molecule has 1 aromatic heterocycles. The summed E-state index contributed by atoms with van der Waals surface area (Å²) < 4.78 is 2.21. The minimum atomic E-state index is 0.460. The molecule has 19 heavy (non-hydrogen) atoms. The number of rotatable bonds is 6. The molecule has 0 saturated heterocycles. The van der Waals surface area contributed by atoms with E-state index in [1.165, 1.54) is 16.8 Å². The molecular weight excluding hydrogens is 234 g/mol. The minimum absolute atomic E-state index is 0.460. The molecular formula is C16H23N3. The van der Waals surface area contributed by atoms with Crippen molar-refractivity contribution in [2.75, 3.05) is 0 Å². The monoisotopic (exact) mass is 257 g/mol. The molecule has 3 heteroatoms. The highest BCUT2D eigenvalue weighted by atomic mass is 15.1. The zero-order chi connectivity index (χ0) is 13.7. The van der Waals surface area contributed by atoms with Gasteiger partial charge in [0.05, 0.1) is 12.0 Å². The topological polar surface area (TPSA) is 29.9 Å². The summed E-state index contributed by atoms with van der Waals surface area (Å²) in [6, 6.07) is 9.08. The number of hydrogen-bond donors (Lipinski definition) is 1. The summed E-state index contributed by atoms with van der Waals surface area (Å²) in [7, 11) is 0. The molecule has 2 aromatic rings. The molecule has 3 nitrogen and oxygen atoms in total. The average molecular weight is 257 g/mol. The molecule has 0 bridgehead atoms. The van der Waals surface area contributed by atoms with Crippen LogP contribution in [0.3, 0.4) is 0 Å². The van der Waals surface area contributed by atoms with Gasteiger partial charge in [-0.2, -0.15) is 0 Å². The largest absolute Gasteiger partial charge is 0.331 e. The van der Waals surface area contributed by atoms with E-state index in [1.54, 1.807) is 0 Å². The van der Waals surface area contributed by atoms with Crippen LogP contribution in [0.1, 0.15) is 43.6 Å². The normalized spacial score (nSPS) is 11.2. The highest BCUT2D eigenvalue weighted by molar-refractivity contribution is 5.26. The van der Waals surface area contributed by atoms with E-state index < -0.39 is 0 Å². The van der Waals surface area contributed by atoms with Crippen LogP contribution in [-0.4, -0.2) is 9.55 Å². The van der Waals surface area contributed by atoms with Gasteiger partial charge in [0.25, 0.3) is 0 Å². The molecule has 0 unspecified atom stereocenters. The summed E-state index contributed by atoms with van der Waals surface area (Å²) >= 11 is 0. The lowest BCUT2D eigenvalue weighted by molar-refractivity contribution is 0.550. The molecule has 0 aliphatic carbocycles. The Hall–Kier alpha value is -1.61. The van der Waals surface area contributed by atoms with Gasteiger partial charge >= 0.3 is 0 Å². The van der Waals surface area contributed by atoms with Crippen LogP contribution in [0, 0.1) is 0 Å². The molecule has 0 amide bonds. The van der Waals surface area contributed by atoms with Crippen LogP contribution in [-0.2, 0) is 19.5 Å². The second-order valence-electron chi connectivity index (χ2n) is 5.11. The fourth-order valence-electron chi connectivity index (χ4n) is 2.33. The summed E-state index contributed by atoms with van der Waals surface area (Å²) in [6.45, 7) is 8.32. The third-order valence-electron chi connectivity index (χ3n) is 3.42. The van der Waals surface area contributed by atoms with Gasteiger partial charge in [-0.3, -0.25) is 0 Å². The van der Waals surface area contributed by atoms with Gasteiger partial charge in [0.15, 0.2) is 0 Å². The van der Waals surface area contributed by atoms with Crippen LogP contribution < -0.4 is 5.32 Å². The molecule has 0 spiro atoms. The lowest BCUT2D eigenvalue weighted by atomic mass is 10.1. The third-order valence-corrected chi connectivity index (χ3v) is 3.42. The van der Waals surface area contributed by atoms with Crippen molar-refractivity contribution in [2.24, 2.45) is 0 Å². The smallest absolute Gasteiger partial charge is 0.0951 e. The fourth-order valence-corrected chi connectivity index (χ4v) is 2.33. The fraction of sp³-hybridized carbons (Fsp3) is 0.438. The predicted molar refractivity (Wildman–Crippen MR) is 79.0 cm³/mol. The summed E-state index contributed by atoms with van der Waals surface area (Å²) in [4.78, 5) is 4.23. The van der Waals surface area contributed by atoms with Gasteiger partial charge in [-0.1, -0.05) is 31.2 Å². The standard InChI is InChI=1S/C16H23N3/c1-4-14-7-5-6-8-15(14)9-17-10-16-11-18-12-19(16)13(2)3/h5-8,11-13,17H,4,9-10H2,1-3H3. The van der Waals surface area contributed by atoms with Crippen LogP contribution in [0.25, 0.3) is 0 Å². The first-order valence-corrected chi connectivity index (χ1v) is 7.00. The predicted octanol–water partition coefficient (Wildman–Crippen LogP) is 3.32. The van der Waals surface area contributed by atoms with E-state index in [0.717, 1.165) is 19.5 Å². The molecule has 0 radical (unpaired) electrons. The molecule has 0 atom stereocenters. The van der Waals surface area contributed by atoms with Crippen molar-refractivity contribution in [3.63, 3.8) is 0 Å². The van der Waals surface area contributed by atoms with Gasteiger partial charge < -0.3 is 9.88 Å². The number of hydrogen-bond acceptors (Lipinski definition) is 2. The Morgan fingerprint density at radius 1 is 1.16 bits per heavy atom. The maximum atomic E-state index is 4.23. The van der Waals surface area contributed by atoms with E-state index in [0.29, 0.717) is 6.04 Å². The molecule has 1 heterocycles. The Morgan fingerprint density at radius 2 is 1.89 bits per heavy atom. The van der Waals surface area contributed by atoms with E-state index in [4.69, 9.17) is 0 Å². The first-order valence-electron chi connectivity index (χ1n) is 7.00. The van der Waals surface area contributed by atoms with Crippen molar-refractivity contribution in [1.82, 2.24) is 14.9 Å². The summed E-state index contributed by atoms with van der Waals surface area (Å²) in [5.41, 5.74) is 4.05. The lowest BCUT2D eigenvalue weighted by Crippen LogP contribution is -2.17. The van der Waals surface area contributed by atoms with E-state index in [-0.39, 0.29) is 0 Å². The van der Waals surface area contributed by atoms with E-state index in [9.17, 15) is 0 Å². The second-order valence-corrected chi connectivity index (χ2v) is 5.11. The first kappa shape index (κ1) is 13.8. The Bertz CT molecular complexity index is 514. The van der Waals surface area contributed by atoms with Crippen LogP contribution in [0.5, 0.6) is 0 Å². The summed E-state index contributed by atoms with van der Waals surface area (Å²) in [5, 5.41) is 3.51. The van der Waals surface area contributed by atoms with Gasteiger partial charge in [0.2, 0.25) is 0 Å². The maximum absolute atomic E-state index is 4.23. The van der Waals surface area contributed by atoms with Crippen molar-refractivity contribution < 1.29 is 0 Å². The van der Waals surface area contributed by atoms with Crippen LogP contribution in [0.15, 0.2) is 36.8 Å². The zero-order valence-electron chi connectivity index (χ0n) is 12.1. The molecule has 0 saturated carbocycles. The van der Waals surface area contributed by atoms with Crippen LogP contribution >= 0.6 is 0 Å². The molecule has 2 rings (SSSR count). The van der Waals surface area contributed by atoms with Gasteiger partial charge in [0.1, 0.15) is 0 Å². The molecule has 1 aromatic carbocycles. The number of imidazole rings is 1. The van der Waals surface area contributed by atoms with E-state index in [2.05, 4.69) is 59.9 Å². The molecule has 102 valence electrons. The van der Waals surface area contributed by atoms with Gasteiger partial charge in [-0.25, -0.2) is 4.98 Å². The van der Waals surface area contributed by atoms with Gasteiger partial charge in [-0.15, -0.1) is 0 Å².